The second kappa shape index (κ2) is 13.8. The maximum Gasteiger partial charge on any atom is 0.161 e. The number of ether oxygens (including phenoxy) is 4. The summed E-state index contributed by atoms with van der Waals surface area (Å²) < 4.78 is 22.7. The molecule has 0 fully saturated rings. The molecule has 0 saturated carbocycles. The van der Waals surface area contributed by atoms with E-state index in [-0.39, 0.29) is 6.61 Å². The first-order chi connectivity index (χ1) is 15.4. The van der Waals surface area contributed by atoms with Crippen molar-refractivity contribution < 1.29 is 24.1 Å². The number of para-hydroxylation sites is 2. The Kier molecular flexibility index (Phi) is 11.1. The molecule has 0 amide bonds. The highest BCUT2D eigenvalue weighted by Crippen LogP contribution is 2.29. The molecule has 7 heteroatoms. The zero-order valence-electron chi connectivity index (χ0n) is 20.0. The molecule has 7 nitrogen and oxygen atoms in total. The van der Waals surface area contributed by atoms with Crippen LogP contribution >= 0.6 is 0 Å². The second-order valence-electron chi connectivity index (χ2n) is 8.03. The van der Waals surface area contributed by atoms with Crippen molar-refractivity contribution >= 4 is 0 Å². The van der Waals surface area contributed by atoms with Gasteiger partial charge in [0.1, 0.15) is 12.7 Å². The molecular weight excluding hydrogens is 408 g/mol. The van der Waals surface area contributed by atoms with Crippen LogP contribution in [0.15, 0.2) is 42.5 Å². The van der Waals surface area contributed by atoms with E-state index in [4.69, 9.17) is 18.9 Å². The molecule has 0 aromatic heterocycles. The van der Waals surface area contributed by atoms with Gasteiger partial charge in [-0.15, -0.1) is 0 Å². The summed E-state index contributed by atoms with van der Waals surface area (Å²) in [4.78, 5) is 4.19. The quantitative estimate of drug-likeness (QED) is 0.421. The number of aliphatic hydroxyl groups excluding tert-OH is 1. The molecule has 2 aromatic rings. The lowest BCUT2D eigenvalue weighted by atomic mass is 10.2. The maximum atomic E-state index is 10.4. The topological polar surface area (TPSA) is 63.6 Å². The van der Waals surface area contributed by atoms with Crippen molar-refractivity contribution in [1.29, 1.82) is 0 Å². The lowest BCUT2D eigenvalue weighted by Gasteiger charge is -2.22. The van der Waals surface area contributed by atoms with Crippen LogP contribution in [0.25, 0.3) is 0 Å². The highest BCUT2D eigenvalue weighted by molar-refractivity contribution is 5.43. The first-order valence-corrected chi connectivity index (χ1v) is 11.1. The van der Waals surface area contributed by atoms with E-state index in [2.05, 4.69) is 23.9 Å². The smallest absolute Gasteiger partial charge is 0.161 e. The minimum absolute atomic E-state index is 0.192. The standard InChI is InChI=1S/C25H38N2O5/c1-6-30-22-10-7-8-11-23(22)32-19-21(28)18-27(4)17-20-12-13-24(25(16-20)29-5)31-15-9-14-26(2)3/h7-8,10-13,16,21,28H,6,9,14-15,17-19H2,1-5H3. The van der Waals surface area contributed by atoms with Crippen LogP contribution in [0.5, 0.6) is 23.0 Å². The van der Waals surface area contributed by atoms with Gasteiger partial charge >= 0.3 is 0 Å². The Bertz CT molecular complexity index is 800. The summed E-state index contributed by atoms with van der Waals surface area (Å²) in [7, 11) is 7.72. The van der Waals surface area contributed by atoms with Gasteiger partial charge in [0, 0.05) is 19.6 Å². The molecule has 0 spiro atoms. The molecule has 2 rings (SSSR count). The molecule has 0 saturated heterocycles. The van der Waals surface area contributed by atoms with Gasteiger partial charge in [0.05, 0.1) is 20.3 Å². The molecule has 0 aliphatic heterocycles. The van der Waals surface area contributed by atoms with Crippen molar-refractivity contribution in [2.24, 2.45) is 0 Å². The minimum atomic E-state index is -0.629. The lowest BCUT2D eigenvalue weighted by Crippen LogP contribution is -2.32. The van der Waals surface area contributed by atoms with Crippen molar-refractivity contribution in [1.82, 2.24) is 9.80 Å². The van der Waals surface area contributed by atoms with E-state index < -0.39 is 6.10 Å². The second-order valence-corrected chi connectivity index (χ2v) is 8.03. The Balaban J connectivity index is 1.83. The van der Waals surface area contributed by atoms with E-state index in [9.17, 15) is 5.11 Å². The molecule has 1 atom stereocenters. The third kappa shape index (κ3) is 8.94. The molecule has 1 N–H and O–H groups in total. The predicted octanol–water partition coefficient (Wildman–Crippen LogP) is 3.30. The van der Waals surface area contributed by atoms with Crippen LogP contribution in [0.4, 0.5) is 0 Å². The van der Waals surface area contributed by atoms with Gasteiger partial charge in [0.25, 0.3) is 0 Å². The zero-order valence-corrected chi connectivity index (χ0v) is 20.0. The molecule has 1 unspecified atom stereocenters. The first kappa shape index (κ1) is 25.8. The summed E-state index contributed by atoms with van der Waals surface area (Å²) in [6.07, 6.45) is 0.325. The largest absolute Gasteiger partial charge is 0.493 e. The van der Waals surface area contributed by atoms with Gasteiger partial charge in [-0.1, -0.05) is 18.2 Å². The van der Waals surface area contributed by atoms with Gasteiger partial charge in [-0.25, -0.2) is 0 Å². The fourth-order valence-corrected chi connectivity index (χ4v) is 3.31. The molecule has 32 heavy (non-hydrogen) atoms. The molecule has 0 radical (unpaired) electrons. The summed E-state index contributed by atoms with van der Waals surface area (Å²) in [6, 6.07) is 13.5. The minimum Gasteiger partial charge on any atom is -0.493 e. The predicted molar refractivity (Wildman–Crippen MR) is 127 cm³/mol. The monoisotopic (exact) mass is 446 g/mol. The van der Waals surface area contributed by atoms with Crippen LogP contribution in [-0.4, -0.2) is 82.2 Å². The van der Waals surface area contributed by atoms with Crippen LogP contribution in [-0.2, 0) is 6.54 Å². The molecule has 178 valence electrons. The fourth-order valence-electron chi connectivity index (χ4n) is 3.31. The molecule has 2 aromatic carbocycles. The van der Waals surface area contributed by atoms with Crippen LogP contribution in [0.1, 0.15) is 18.9 Å². The third-order valence-electron chi connectivity index (χ3n) is 4.79. The Labute approximate surface area is 192 Å². The van der Waals surface area contributed by atoms with E-state index in [1.165, 1.54) is 0 Å². The SMILES string of the molecule is CCOc1ccccc1OCC(O)CN(C)Cc1ccc(OCCCN(C)C)c(OC)c1. The van der Waals surface area contributed by atoms with E-state index in [1.807, 2.05) is 56.4 Å². The number of nitrogens with zero attached hydrogens (tertiary/aromatic N) is 2. The van der Waals surface area contributed by atoms with Gasteiger partial charge in [0.15, 0.2) is 23.0 Å². The average molecular weight is 447 g/mol. The van der Waals surface area contributed by atoms with Crippen LogP contribution in [0.3, 0.4) is 0 Å². The maximum absolute atomic E-state index is 10.4. The lowest BCUT2D eigenvalue weighted by molar-refractivity contribution is 0.0730. The van der Waals surface area contributed by atoms with Crippen molar-refractivity contribution in [3.8, 4) is 23.0 Å². The van der Waals surface area contributed by atoms with Crippen molar-refractivity contribution in [3.05, 3.63) is 48.0 Å². The average Bonchev–Trinajstić information content (AvgIpc) is 2.76. The highest BCUT2D eigenvalue weighted by atomic mass is 16.5. The number of hydrogen-bond donors (Lipinski definition) is 1. The van der Waals surface area contributed by atoms with Gasteiger partial charge in [-0.05, 0) is 64.3 Å². The molecule has 0 aliphatic carbocycles. The molecular formula is C25H38N2O5. The van der Waals surface area contributed by atoms with Crippen molar-refractivity contribution in [2.75, 3.05) is 61.2 Å². The van der Waals surface area contributed by atoms with Crippen molar-refractivity contribution in [3.63, 3.8) is 0 Å². The molecule has 0 heterocycles. The summed E-state index contributed by atoms with van der Waals surface area (Å²) in [5.41, 5.74) is 1.08. The molecule has 0 bridgehead atoms. The van der Waals surface area contributed by atoms with Crippen LogP contribution in [0, 0.1) is 0 Å². The fraction of sp³-hybridized carbons (Fsp3) is 0.520. The van der Waals surface area contributed by atoms with E-state index in [1.54, 1.807) is 7.11 Å². The summed E-state index contributed by atoms with van der Waals surface area (Å²) in [5.74, 6) is 2.80. The van der Waals surface area contributed by atoms with Gasteiger partial charge < -0.3 is 29.0 Å². The number of benzene rings is 2. The van der Waals surface area contributed by atoms with E-state index in [0.29, 0.717) is 37.8 Å². The number of rotatable bonds is 15. The normalized spacial score (nSPS) is 12.1. The van der Waals surface area contributed by atoms with Crippen molar-refractivity contribution in [2.45, 2.75) is 26.0 Å². The first-order valence-electron chi connectivity index (χ1n) is 11.1. The summed E-state index contributed by atoms with van der Waals surface area (Å²) in [5, 5.41) is 10.4. The number of hydrogen-bond acceptors (Lipinski definition) is 7. The van der Waals surface area contributed by atoms with E-state index in [0.717, 1.165) is 30.0 Å². The number of methoxy groups -OCH3 is 1. The highest BCUT2D eigenvalue weighted by Gasteiger charge is 2.13. The Morgan fingerprint density at radius 3 is 2.25 bits per heavy atom. The Hall–Kier alpha value is -2.48. The van der Waals surface area contributed by atoms with Crippen LogP contribution < -0.4 is 18.9 Å². The Morgan fingerprint density at radius 2 is 1.59 bits per heavy atom. The third-order valence-corrected chi connectivity index (χ3v) is 4.79. The summed E-state index contributed by atoms with van der Waals surface area (Å²) in [6.45, 7) is 5.46. The number of likely N-dealkylation sites (N-methyl/N-ethyl adjacent to an activating group) is 1. The van der Waals surface area contributed by atoms with Crippen LogP contribution in [0.2, 0.25) is 0 Å². The summed E-state index contributed by atoms with van der Waals surface area (Å²) >= 11 is 0. The van der Waals surface area contributed by atoms with Gasteiger partial charge in [-0.2, -0.15) is 0 Å². The molecule has 0 aliphatic rings. The Morgan fingerprint density at radius 1 is 0.906 bits per heavy atom. The van der Waals surface area contributed by atoms with Gasteiger partial charge in [0.2, 0.25) is 0 Å². The van der Waals surface area contributed by atoms with E-state index >= 15 is 0 Å². The van der Waals surface area contributed by atoms with Gasteiger partial charge in [-0.3, -0.25) is 4.90 Å². The zero-order chi connectivity index (χ0) is 23.3. The number of aliphatic hydroxyl groups is 1.